The van der Waals surface area contributed by atoms with E-state index < -0.39 is 0 Å². The van der Waals surface area contributed by atoms with E-state index >= 15 is 0 Å². The monoisotopic (exact) mass is 321 g/mol. The summed E-state index contributed by atoms with van der Waals surface area (Å²) in [5.74, 6) is 0.843. The fourth-order valence-corrected chi connectivity index (χ4v) is 2.54. The minimum absolute atomic E-state index is 0.0270. The number of carbonyl (C=O) groups excluding carboxylic acids is 1. The number of nitrogens with two attached hydrogens (primary N) is 1. The van der Waals surface area contributed by atoms with Gasteiger partial charge in [0.25, 0.3) is 5.91 Å². The van der Waals surface area contributed by atoms with E-state index in [0.29, 0.717) is 6.54 Å². The summed E-state index contributed by atoms with van der Waals surface area (Å²) in [5.41, 5.74) is 3.10. The van der Waals surface area contributed by atoms with Gasteiger partial charge in [-0.3, -0.25) is 4.79 Å². The Hall–Kier alpha value is -2.85. The second kappa shape index (κ2) is 7.62. The van der Waals surface area contributed by atoms with Crippen LogP contribution in [0.2, 0.25) is 0 Å². The average molecular weight is 321 g/mol. The molecule has 4 nitrogen and oxygen atoms in total. The first-order valence-electron chi connectivity index (χ1n) is 8.04. The fourth-order valence-electron chi connectivity index (χ4n) is 2.54. The number of furan rings is 1. The summed E-state index contributed by atoms with van der Waals surface area (Å²) in [6.07, 6.45) is 1.65. The third-order valence-corrected chi connectivity index (χ3v) is 3.92. The summed E-state index contributed by atoms with van der Waals surface area (Å²) in [6, 6.07) is 21.9. The average Bonchev–Trinajstić information content (AvgIpc) is 3.16. The first-order valence-corrected chi connectivity index (χ1v) is 8.04. The Bertz CT molecular complexity index is 765. The van der Waals surface area contributed by atoms with E-state index in [2.05, 4.69) is 17.4 Å². The predicted molar refractivity (Wildman–Crippen MR) is 94.4 cm³/mol. The molecular formula is C20H21N2O2+. The van der Waals surface area contributed by atoms with Gasteiger partial charge < -0.3 is 15.1 Å². The lowest BCUT2D eigenvalue weighted by molar-refractivity contribution is -0.684. The number of amides is 1. The third-order valence-electron chi connectivity index (χ3n) is 3.92. The van der Waals surface area contributed by atoms with Gasteiger partial charge >= 0.3 is 0 Å². The maximum Gasteiger partial charge on any atom is 0.279 e. The molecule has 24 heavy (non-hydrogen) atoms. The van der Waals surface area contributed by atoms with Crippen LogP contribution < -0.4 is 10.6 Å². The summed E-state index contributed by atoms with van der Waals surface area (Å²) >= 11 is 0. The Morgan fingerprint density at radius 3 is 2.38 bits per heavy atom. The Labute approximate surface area is 141 Å². The van der Waals surface area contributed by atoms with Crippen molar-refractivity contribution in [2.24, 2.45) is 0 Å². The number of rotatable bonds is 6. The smallest absolute Gasteiger partial charge is 0.279 e. The highest BCUT2D eigenvalue weighted by molar-refractivity contribution is 5.91. The second-order valence-electron chi connectivity index (χ2n) is 5.74. The van der Waals surface area contributed by atoms with Gasteiger partial charge in [-0.15, -0.1) is 0 Å². The minimum atomic E-state index is -0.0270. The molecule has 1 aromatic heterocycles. The predicted octanol–water partition coefficient (Wildman–Crippen LogP) is 3.21. The zero-order chi connectivity index (χ0) is 16.8. The molecule has 3 aromatic rings. The molecule has 0 aliphatic carbocycles. The molecule has 3 rings (SSSR count). The molecule has 3 N–H and O–H groups in total. The summed E-state index contributed by atoms with van der Waals surface area (Å²) in [6.45, 7) is 2.36. The van der Waals surface area contributed by atoms with Crippen LogP contribution in [0.15, 0.2) is 77.4 Å². The van der Waals surface area contributed by atoms with Crippen molar-refractivity contribution in [2.45, 2.75) is 13.0 Å². The zero-order valence-electron chi connectivity index (χ0n) is 13.6. The van der Waals surface area contributed by atoms with Crippen LogP contribution in [0.4, 0.5) is 5.69 Å². The zero-order valence-corrected chi connectivity index (χ0v) is 13.6. The SMILES string of the molecule is C[C@H]([NH2+]CC(=O)Nc1ccc(-c2ccccc2)cc1)c1ccco1. The fraction of sp³-hybridized carbons (Fsp3) is 0.150. The van der Waals surface area contributed by atoms with Crippen LogP contribution in [0.25, 0.3) is 11.1 Å². The van der Waals surface area contributed by atoms with Gasteiger partial charge in [-0.25, -0.2) is 0 Å². The summed E-state index contributed by atoms with van der Waals surface area (Å²) in [4.78, 5) is 12.1. The summed E-state index contributed by atoms with van der Waals surface area (Å²) in [5, 5.41) is 4.87. The van der Waals surface area contributed by atoms with Crippen LogP contribution in [-0.2, 0) is 4.79 Å². The molecular weight excluding hydrogens is 300 g/mol. The molecule has 1 heterocycles. The van der Waals surface area contributed by atoms with Crippen molar-refractivity contribution in [1.82, 2.24) is 0 Å². The highest BCUT2D eigenvalue weighted by Crippen LogP contribution is 2.20. The molecule has 0 fully saturated rings. The first-order chi connectivity index (χ1) is 11.7. The van der Waals surface area contributed by atoms with Crippen molar-refractivity contribution in [2.75, 3.05) is 11.9 Å². The van der Waals surface area contributed by atoms with Crippen LogP contribution in [0.3, 0.4) is 0 Å². The molecule has 1 atom stereocenters. The quantitative estimate of drug-likeness (QED) is 0.732. The largest absolute Gasteiger partial charge is 0.463 e. The van der Waals surface area contributed by atoms with E-state index in [1.165, 1.54) is 0 Å². The van der Waals surface area contributed by atoms with Crippen molar-refractivity contribution in [1.29, 1.82) is 0 Å². The molecule has 0 saturated heterocycles. The van der Waals surface area contributed by atoms with Crippen LogP contribution in [-0.4, -0.2) is 12.5 Å². The molecule has 0 aliphatic heterocycles. The van der Waals surface area contributed by atoms with E-state index in [4.69, 9.17) is 4.42 Å². The number of anilines is 1. The van der Waals surface area contributed by atoms with Crippen LogP contribution >= 0.6 is 0 Å². The minimum Gasteiger partial charge on any atom is -0.463 e. The number of nitrogens with one attached hydrogen (secondary N) is 1. The summed E-state index contributed by atoms with van der Waals surface area (Å²) in [7, 11) is 0. The molecule has 0 spiro atoms. The molecule has 0 saturated carbocycles. The highest BCUT2D eigenvalue weighted by Gasteiger charge is 2.13. The van der Waals surface area contributed by atoms with Crippen molar-refractivity contribution < 1.29 is 14.5 Å². The molecule has 2 aromatic carbocycles. The molecule has 0 bridgehead atoms. The lowest BCUT2D eigenvalue weighted by Crippen LogP contribution is -2.86. The lowest BCUT2D eigenvalue weighted by atomic mass is 10.1. The Balaban J connectivity index is 1.53. The van der Waals surface area contributed by atoms with Crippen molar-refractivity contribution in [3.63, 3.8) is 0 Å². The van der Waals surface area contributed by atoms with Crippen LogP contribution in [0, 0.1) is 0 Å². The van der Waals surface area contributed by atoms with E-state index in [1.54, 1.807) is 6.26 Å². The number of hydrogen-bond acceptors (Lipinski definition) is 2. The van der Waals surface area contributed by atoms with Gasteiger partial charge in [-0.2, -0.15) is 0 Å². The van der Waals surface area contributed by atoms with E-state index in [1.807, 2.05) is 66.8 Å². The van der Waals surface area contributed by atoms with Gasteiger partial charge in [0.2, 0.25) is 0 Å². The van der Waals surface area contributed by atoms with Gasteiger partial charge in [-0.1, -0.05) is 42.5 Å². The molecule has 0 unspecified atom stereocenters. The maximum absolute atomic E-state index is 12.1. The number of carbonyl (C=O) groups is 1. The molecule has 0 aliphatic rings. The standard InChI is InChI=1S/C20H20N2O2/c1-15(19-8-5-13-24-19)21-14-20(23)22-18-11-9-17(10-12-18)16-6-3-2-4-7-16/h2-13,15,21H,14H2,1H3,(H,22,23)/p+1/t15-/m0/s1. The highest BCUT2D eigenvalue weighted by atomic mass is 16.3. The van der Waals surface area contributed by atoms with Crippen molar-refractivity contribution in [3.05, 3.63) is 78.8 Å². The van der Waals surface area contributed by atoms with E-state index in [-0.39, 0.29) is 11.9 Å². The molecule has 122 valence electrons. The van der Waals surface area contributed by atoms with Gasteiger partial charge in [0.1, 0.15) is 6.04 Å². The van der Waals surface area contributed by atoms with E-state index in [9.17, 15) is 4.79 Å². The van der Waals surface area contributed by atoms with Crippen molar-refractivity contribution >= 4 is 11.6 Å². The van der Waals surface area contributed by atoms with E-state index in [0.717, 1.165) is 22.6 Å². The van der Waals surface area contributed by atoms with Crippen LogP contribution in [0.5, 0.6) is 0 Å². The second-order valence-corrected chi connectivity index (χ2v) is 5.74. The molecule has 0 radical (unpaired) electrons. The number of benzene rings is 2. The van der Waals surface area contributed by atoms with Gasteiger partial charge in [0.15, 0.2) is 12.3 Å². The van der Waals surface area contributed by atoms with Crippen LogP contribution in [0.1, 0.15) is 18.7 Å². The first kappa shape index (κ1) is 16.0. The molecule has 4 heteroatoms. The maximum atomic E-state index is 12.1. The Morgan fingerprint density at radius 1 is 1.00 bits per heavy atom. The third kappa shape index (κ3) is 4.12. The Kier molecular flexibility index (Phi) is 5.08. The van der Waals surface area contributed by atoms with Gasteiger partial charge in [-0.05, 0) is 42.3 Å². The molecule has 1 amide bonds. The topological polar surface area (TPSA) is 58.9 Å². The summed E-state index contributed by atoms with van der Waals surface area (Å²) < 4.78 is 5.34. The number of hydrogen-bond donors (Lipinski definition) is 2. The lowest BCUT2D eigenvalue weighted by Gasteiger charge is -2.09. The van der Waals surface area contributed by atoms with Crippen molar-refractivity contribution in [3.8, 4) is 11.1 Å². The Morgan fingerprint density at radius 2 is 1.71 bits per heavy atom. The van der Waals surface area contributed by atoms with Gasteiger partial charge in [0.05, 0.1) is 6.26 Å². The normalized spacial score (nSPS) is 11.9. The van der Waals surface area contributed by atoms with Gasteiger partial charge in [0, 0.05) is 5.69 Å². The number of quaternary nitrogens is 1.